The van der Waals surface area contributed by atoms with Crippen LogP contribution in [-0.2, 0) is 6.42 Å². The number of carbonyl (C=O) groups excluding carboxylic acids is 1. The summed E-state index contributed by atoms with van der Waals surface area (Å²) in [6, 6.07) is 18.6. The molecule has 0 aliphatic rings. The van der Waals surface area contributed by atoms with Crippen molar-refractivity contribution in [2.24, 2.45) is 0 Å². The SMILES string of the molecule is COc1ccccc1/C=C/CN(CCc1ccc(Cl)cc1Cl)C(=O)c1cccc(F)c1. The number of carbonyl (C=O) groups is 1. The molecule has 160 valence electrons. The lowest BCUT2D eigenvalue weighted by atomic mass is 10.1. The minimum absolute atomic E-state index is 0.255. The molecule has 3 aromatic carbocycles. The van der Waals surface area contributed by atoms with Gasteiger partial charge in [0.25, 0.3) is 5.91 Å². The van der Waals surface area contributed by atoms with Gasteiger partial charge in [-0.05, 0) is 48.4 Å². The monoisotopic (exact) mass is 457 g/mol. The van der Waals surface area contributed by atoms with E-state index >= 15 is 0 Å². The fraction of sp³-hybridized carbons (Fsp3) is 0.160. The Bertz CT molecular complexity index is 1080. The van der Waals surface area contributed by atoms with Crippen LogP contribution in [0.2, 0.25) is 10.0 Å². The van der Waals surface area contributed by atoms with Gasteiger partial charge in [0.2, 0.25) is 0 Å². The maximum atomic E-state index is 13.7. The number of benzene rings is 3. The smallest absolute Gasteiger partial charge is 0.254 e. The van der Waals surface area contributed by atoms with Crippen LogP contribution in [0.4, 0.5) is 4.39 Å². The van der Waals surface area contributed by atoms with Gasteiger partial charge in [-0.15, -0.1) is 0 Å². The van der Waals surface area contributed by atoms with Crippen LogP contribution in [0.5, 0.6) is 5.75 Å². The first-order valence-corrected chi connectivity index (χ1v) is 10.5. The molecule has 0 saturated carbocycles. The van der Waals surface area contributed by atoms with Crippen molar-refractivity contribution in [1.29, 1.82) is 0 Å². The number of ether oxygens (including phenoxy) is 1. The minimum Gasteiger partial charge on any atom is -0.496 e. The quantitative estimate of drug-likeness (QED) is 0.384. The summed E-state index contributed by atoms with van der Waals surface area (Å²) in [6.45, 7) is 0.756. The molecule has 31 heavy (non-hydrogen) atoms. The first-order chi connectivity index (χ1) is 15.0. The second-order valence-corrected chi connectivity index (χ2v) is 7.74. The number of methoxy groups -OCH3 is 1. The molecule has 0 heterocycles. The molecule has 0 saturated heterocycles. The van der Waals surface area contributed by atoms with Crippen LogP contribution in [0.25, 0.3) is 6.08 Å². The Kier molecular flexibility index (Phi) is 8.10. The zero-order valence-corrected chi connectivity index (χ0v) is 18.5. The van der Waals surface area contributed by atoms with Crippen molar-refractivity contribution in [2.75, 3.05) is 20.2 Å². The summed E-state index contributed by atoms with van der Waals surface area (Å²) >= 11 is 12.3. The van der Waals surface area contributed by atoms with Gasteiger partial charge in [-0.3, -0.25) is 4.79 Å². The normalized spacial score (nSPS) is 11.0. The fourth-order valence-corrected chi connectivity index (χ4v) is 3.67. The van der Waals surface area contributed by atoms with Gasteiger partial charge in [-0.2, -0.15) is 0 Å². The number of hydrogen-bond acceptors (Lipinski definition) is 2. The standard InChI is InChI=1S/C25H22Cl2FNO2/c1-31-24-10-3-2-6-19(24)8-5-14-29(25(30)20-7-4-9-22(28)16-20)15-13-18-11-12-21(26)17-23(18)27/h2-12,16-17H,13-15H2,1H3/b8-5+. The zero-order valence-electron chi connectivity index (χ0n) is 17.0. The Hall–Kier alpha value is -2.82. The average Bonchev–Trinajstić information content (AvgIpc) is 2.77. The summed E-state index contributed by atoms with van der Waals surface area (Å²) in [5.74, 6) is 0.0417. The van der Waals surface area contributed by atoms with Crippen molar-refractivity contribution < 1.29 is 13.9 Å². The lowest BCUT2D eigenvalue weighted by Crippen LogP contribution is -2.33. The van der Waals surface area contributed by atoms with E-state index in [0.29, 0.717) is 35.1 Å². The molecule has 0 radical (unpaired) electrons. The molecule has 0 aliphatic heterocycles. The molecule has 1 amide bonds. The molecule has 0 fully saturated rings. The Morgan fingerprint density at radius 3 is 2.61 bits per heavy atom. The van der Waals surface area contributed by atoms with Gasteiger partial charge in [0, 0.05) is 34.3 Å². The Labute approximate surface area is 191 Å². The number of para-hydroxylation sites is 1. The summed E-state index contributed by atoms with van der Waals surface area (Å²) < 4.78 is 19.0. The molecule has 6 heteroatoms. The number of hydrogen-bond donors (Lipinski definition) is 0. The third-order valence-corrected chi connectivity index (χ3v) is 5.37. The molecule has 0 unspecified atom stereocenters. The highest BCUT2D eigenvalue weighted by Gasteiger charge is 2.16. The molecule has 0 aromatic heterocycles. The van der Waals surface area contributed by atoms with Gasteiger partial charge in [-0.1, -0.05) is 65.7 Å². The largest absolute Gasteiger partial charge is 0.496 e. The lowest BCUT2D eigenvalue weighted by Gasteiger charge is -2.22. The molecule has 3 nitrogen and oxygen atoms in total. The van der Waals surface area contributed by atoms with Crippen molar-refractivity contribution in [3.8, 4) is 5.75 Å². The van der Waals surface area contributed by atoms with Gasteiger partial charge in [0.15, 0.2) is 0 Å². The molecular weight excluding hydrogens is 436 g/mol. The second-order valence-electron chi connectivity index (χ2n) is 6.89. The van der Waals surface area contributed by atoms with E-state index in [2.05, 4.69) is 0 Å². The maximum absolute atomic E-state index is 13.7. The minimum atomic E-state index is -0.448. The molecular formula is C25H22Cl2FNO2. The van der Waals surface area contributed by atoms with Crippen LogP contribution in [0.3, 0.4) is 0 Å². The highest BCUT2D eigenvalue weighted by Crippen LogP contribution is 2.22. The van der Waals surface area contributed by atoms with Crippen LogP contribution < -0.4 is 4.74 Å². The molecule has 3 rings (SSSR count). The molecule has 0 atom stereocenters. The third kappa shape index (κ3) is 6.33. The van der Waals surface area contributed by atoms with Crippen LogP contribution in [-0.4, -0.2) is 31.0 Å². The average molecular weight is 458 g/mol. The van der Waals surface area contributed by atoms with Gasteiger partial charge in [0.05, 0.1) is 7.11 Å². The first kappa shape index (κ1) is 22.9. The van der Waals surface area contributed by atoms with E-state index in [9.17, 15) is 9.18 Å². The zero-order chi connectivity index (χ0) is 22.2. The van der Waals surface area contributed by atoms with Crippen molar-refractivity contribution in [3.63, 3.8) is 0 Å². The summed E-state index contributed by atoms with van der Waals surface area (Å²) in [5.41, 5.74) is 2.09. The highest BCUT2D eigenvalue weighted by atomic mass is 35.5. The van der Waals surface area contributed by atoms with Crippen LogP contribution in [0.1, 0.15) is 21.5 Å². The number of rotatable bonds is 8. The van der Waals surface area contributed by atoms with Gasteiger partial charge < -0.3 is 9.64 Å². The van der Waals surface area contributed by atoms with E-state index in [-0.39, 0.29) is 5.91 Å². The van der Waals surface area contributed by atoms with Crippen molar-refractivity contribution in [2.45, 2.75) is 6.42 Å². The van der Waals surface area contributed by atoms with Crippen molar-refractivity contribution in [1.82, 2.24) is 4.90 Å². The predicted molar refractivity (Wildman–Crippen MR) is 124 cm³/mol. The summed E-state index contributed by atoms with van der Waals surface area (Å²) in [6.07, 6.45) is 4.33. The van der Waals surface area contributed by atoms with Crippen LogP contribution in [0, 0.1) is 5.82 Å². The lowest BCUT2D eigenvalue weighted by molar-refractivity contribution is 0.0775. The molecule has 0 spiro atoms. The topological polar surface area (TPSA) is 29.5 Å². The molecule has 0 bridgehead atoms. The summed E-state index contributed by atoms with van der Waals surface area (Å²) in [4.78, 5) is 14.7. The van der Waals surface area contributed by atoms with E-state index in [1.54, 1.807) is 30.2 Å². The summed E-state index contributed by atoms with van der Waals surface area (Å²) in [5, 5.41) is 1.11. The molecule has 0 aliphatic carbocycles. The fourth-order valence-electron chi connectivity index (χ4n) is 3.17. The maximum Gasteiger partial charge on any atom is 0.254 e. The van der Waals surface area contributed by atoms with Gasteiger partial charge >= 0.3 is 0 Å². The van der Waals surface area contributed by atoms with Crippen molar-refractivity contribution >= 4 is 35.2 Å². The first-order valence-electron chi connectivity index (χ1n) is 9.76. The molecule has 3 aromatic rings. The third-order valence-electron chi connectivity index (χ3n) is 4.79. The number of amides is 1. The summed E-state index contributed by atoms with van der Waals surface area (Å²) in [7, 11) is 1.61. The van der Waals surface area contributed by atoms with E-state index in [0.717, 1.165) is 16.9 Å². The van der Waals surface area contributed by atoms with Gasteiger partial charge in [0.1, 0.15) is 11.6 Å². The van der Waals surface area contributed by atoms with Crippen LogP contribution in [0.15, 0.2) is 72.8 Å². The van der Waals surface area contributed by atoms with Gasteiger partial charge in [-0.25, -0.2) is 4.39 Å². The highest BCUT2D eigenvalue weighted by molar-refractivity contribution is 6.35. The Balaban J connectivity index is 1.79. The number of halogens is 3. The van der Waals surface area contributed by atoms with Crippen LogP contribution >= 0.6 is 23.2 Å². The van der Waals surface area contributed by atoms with E-state index < -0.39 is 5.82 Å². The number of nitrogens with zero attached hydrogens (tertiary/aromatic N) is 1. The Morgan fingerprint density at radius 1 is 1.06 bits per heavy atom. The predicted octanol–water partition coefficient (Wildman–Crippen LogP) is 6.54. The Morgan fingerprint density at radius 2 is 1.87 bits per heavy atom. The van der Waals surface area contributed by atoms with E-state index in [4.69, 9.17) is 27.9 Å². The van der Waals surface area contributed by atoms with E-state index in [1.165, 1.54) is 18.2 Å². The van der Waals surface area contributed by atoms with E-state index in [1.807, 2.05) is 42.5 Å². The molecule has 0 N–H and O–H groups in total. The second kappa shape index (κ2) is 11.0. The van der Waals surface area contributed by atoms with Crippen molar-refractivity contribution in [3.05, 3.63) is 105 Å².